The van der Waals surface area contributed by atoms with Crippen LogP contribution < -0.4 is 10.6 Å². The Morgan fingerprint density at radius 3 is 2.90 bits per heavy atom. The van der Waals surface area contributed by atoms with Crippen molar-refractivity contribution < 1.29 is 4.79 Å². The molecule has 0 radical (unpaired) electrons. The lowest BCUT2D eigenvalue weighted by molar-refractivity contribution is 0.235. The number of carbonyl (C=O) groups excluding carboxylic acids is 1. The highest BCUT2D eigenvalue weighted by Gasteiger charge is 2.27. The first-order chi connectivity index (χ1) is 9.56. The standard InChI is InChI=1S/C15H25N3OS/c1-11(14-5-4-8-20-14)10-16-15(19)17-12-6-7-13(9-12)18(2)3/h4-5,8,11-13H,6-7,9-10H2,1-3H3,(H2,16,17,19)/t11-,12-,13-/m1/s1. The van der Waals surface area contributed by atoms with Crippen LogP contribution in [0.3, 0.4) is 0 Å². The second kappa shape index (κ2) is 7.09. The molecule has 2 N–H and O–H groups in total. The third kappa shape index (κ3) is 4.21. The van der Waals surface area contributed by atoms with Crippen molar-refractivity contribution in [1.82, 2.24) is 15.5 Å². The van der Waals surface area contributed by atoms with E-state index in [1.54, 1.807) is 11.3 Å². The van der Waals surface area contributed by atoms with E-state index in [4.69, 9.17) is 0 Å². The van der Waals surface area contributed by atoms with E-state index < -0.39 is 0 Å². The quantitative estimate of drug-likeness (QED) is 0.877. The van der Waals surface area contributed by atoms with E-state index in [1.165, 1.54) is 11.3 Å². The molecular formula is C15H25N3OS. The summed E-state index contributed by atoms with van der Waals surface area (Å²) in [5.74, 6) is 0.374. The van der Waals surface area contributed by atoms with Gasteiger partial charge in [0.2, 0.25) is 0 Å². The fraction of sp³-hybridized carbons (Fsp3) is 0.667. The minimum Gasteiger partial charge on any atom is -0.338 e. The molecule has 4 nitrogen and oxygen atoms in total. The number of carbonyl (C=O) groups is 1. The van der Waals surface area contributed by atoms with Gasteiger partial charge in [0.05, 0.1) is 0 Å². The highest BCUT2D eigenvalue weighted by atomic mass is 32.1. The van der Waals surface area contributed by atoms with Gasteiger partial charge in [0.15, 0.2) is 0 Å². The number of amides is 2. The zero-order valence-corrected chi connectivity index (χ0v) is 13.4. The number of rotatable bonds is 5. The summed E-state index contributed by atoms with van der Waals surface area (Å²) in [6.07, 6.45) is 3.31. The number of nitrogens with zero attached hydrogens (tertiary/aromatic N) is 1. The maximum Gasteiger partial charge on any atom is 0.315 e. The van der Waals surface area contributed by atoms with Gasteiger partial charge in [0, 0.05) is 29.4 Å². The number of hydrogen-bond acceptors (Lipinski definition) is 3. The van der Waals surface area contributed by atoms with Crippen LogP contribution in [0.5, 0.6) is 0 Å². The first kappa shape index (κ1) is 15.3. The van der Waals surface area contributed by atoms with Crippen molar-refractivity contribution in [2.45, 2.75) is 44.2 Å². The van der Waals surface area contributed by atoms with E-state index in [-0.39, 0.29) is 6.03 Å². The second-order valence-electron chi connectivity index (χ2n) is 5.90. The fourth-order valence-corrected chi connectivity index (χ4v) is 3.50. The van der Waals surface area contributed by atoms with Gasteiger partial charge in [-0.1, -0.05) is 13.0 Å². The van der Waals surface area contributed by atoms with Crippen molar-refractivity contribution in [2.24, 2.45) is 0 Å². The monoisotopic (exact) mass is 295 g/mol. The Kier molecular flexibility index (Phi) is 5.43. The largest absolute Gasteiger partial charge is 0.338 e. The zero-order valence-electron chi connectivity index (χ0n) is 12.6. The minimum atomic E-state index is -0.0298. The molecule has 2 amide bonds. The van der Waals surface area contributed by atoms with Gasteiger partial charge in [-0.05, 0) is 44.8 Å². The Morgan fingerprint density at radius 2 is 2.30 bits per heavy atom. The molecule has 0 aromatic carbocycles. The zero-order chi connectivity index (χ0) is 14.5. The number of urea groups is 1. The van der Waals surface area contributed by atoms with Crippen molar-refractivity contribution in [3.05, 3.63) is 22.4 Å². The first-order valence-corrected chi connectivity index (χ1v) is 8.18. The van der Waals surface area contributed by atoms with E-state index >= 15 is 0 Å². The molecule has 0 aliphatic heterocycles. The summed E-state index contributed by atoms with van der Waals surface area (Å²) in [4.78, 5) is 15.5. The Balaban J connectivity index is 1.68. The topological polar surface area (TPSA) is 44.4 Å². The molecule has 1 saturated carbocycles. The molecule has 1 aromatic heterocycles. The molecule has 1 fully saturated rings. The summed E-state index contributed by atoms with van der Waals surface area (Å²) in [5, 5.41) is 8.15. The van der Waals surface area contributed by atoms with Crippen LogP contribution in [0.25, 0.3) is 0 Å². The molecule has 1 aliphatic rings. The summed E-state index contributed by atoms with van der Waals surface area (Å²) in [6.45, 7) is 2.83. The van der Waals surface area contributed by atoms with Gasteiger partial charge in [-0.2, -0.15) is 0 Å². The minimum absolute atomic E-state index is 0.0298. The van der Waals surface area contributed by atoms with Crippen LogP contribution in [-0.2, 0) is 0 Å². The summed E-state index contributed by atoms with van der Waals surface area (Å²) in [7, 11) is 4.21. The first-order valence-electron chi connectivity index (χ1n) is 7.30. The summed E-state index contributed by atoms with van der Waals surface area (Å²) >= 11 is 1.74. The lowest BCUT2D eigenvalue weighted by Gasteiger charge is -2.19. The Labute approximate surface area is 125 Å². The van der Waals surface area contributed by atoms with E-state index in [0.717, 1.165) is 12.8 Å². The van der Waals surface area contributed by atoms with Crippen LogP contribution in [0.1, 0.15) is 37.0 Å². The lowest BCUT2D eigenvalue weighted by Crippen LogP contribution is -2.42. The third-order valence-corrected chi connectivity index (χ3v) is 5.17. The number of thiophene rings is 1. The Hall–Kier alpha value is -1.07. The van der Waals surface area contributed by atoms with Crippen LogP contribution in [0.2, 0.25) is 0 Å². The summed E-state index contributed by atoms with van der Waals surface area (Å²) in [6, 6.07) is 5.06. The van der Waals surface area contributed by atoms with Gasteiger partial charge < -0.3 is 15.5 Å². The highest BCUT2D eigenvalue weighted by Crippen LogP contribution is 2.22. The molecule has 0 unspecified atom stereocenters. The predicted octanol–water partition coefficient (Wildman–Crippen LogP) is 2.63. The normalized spacial score (nSPS) is 23.8. The molecule has 112 valence electrons. The van der Waals surface area contributed by atoms with Gasteiger partial charge in [-0.15, -0.1) is 11.3 Å². The Bertz CT molecular complexity index is 419. The maximum absolute atomic E-state index is 11.9. The summed E-state index contributed by atoms with van der Waals surface area (Å²) in [5.41, 5.74) is 0. The average molecular weight is 295 g/mol. The van der Waals surface area contributed by atoms with E-state index in [0.29, 0.717) is 24.5 Å². The van der Waals surface area contributed by atoms with Gasteiger partial charge in [0.25, 0.3) is 0 Å². The molecule has 0 saturated heterocycles. The average Bonchev–Trinajstić information content (AvgIpc) is 3.06. The van der Waals surface area contributed by atoms with E-state index in [2.05, 4.69) is 54.1 Å². The highest BCUT2D eigenvalue weighted by molar-refractivity contribution is 7.10. The SMILES string of the molecule is C[C@H](CNC(=O)N[C@@H]1CC[C@@H](N(C)C)C1)c1cccs1. The molecule has 0 spiro atoms. The lowest BCUT2D eigenvalue weighted by atomic mass is 10.1. The van der Waals surface area contributed by atoms with Crippen LogP contribution in [0, 0.1) is 0 Å². The van der Waals surface area contributed by atoms with Crippen molar-refractivity contribution >= 4 is 17.4 Å². The number of nitrogens with one attached hydrogen (secondary N) is 2. The van der Waals surface area contributed by atoms with Crippen molar-refractivity contribution in [1.29, 1.82) is 0 Å². The van der Waals surface area contributed by atoms with Gasteiger partial charge in [-0.25, -0.2) is 4.79 Å². The van der Waals surface area contributed by atoms with Crippen LogP contribution >= 0.6 is 11.3 Å². The van der Waals surface area contributed by atoms with Gasteiger partial charge >= 0.3 is 6.03 Å². The second-order valence-corrected chi connectivity index (χ2v) is 6.88. The van der Waals surface area contributed by atoms with E-state index in [1.807, 2.05) is 0 Å². The van der Waals surface area contributed by atoms with Crippen molar-refractivity contribution in [2.75, 3.05) is 20.6 Å². The van der Waals surface area contributed by atoms with Crippen molar-refractivity contribution in [3.63, 3.8) is 0 Å². The molecule has 1 aromatic rings. The van der Waals surface area contributed by atoms with Gasteiger partial charge in [0.1, 0.15) is 0 Å². The fourth-order valence-electron chi connectivity index (χ4n) is 2.71. The molecule has 0 bridgehead atoms. The van der Waals surface area contributed by atoms with Crippen LogP contribution in [0.4, 0.5) is 4.79 Å². The van der Waals surface area contributed by atoms with E-state index in [9.17, 15) is 4.79 Å². The maximum atomic E-state index is 11.9. The van der Waals surface area contributed by atoms with Crippen molar-refractivity contribution in [3.8, 4) is 0 Å². The molecule has 1 heterocycles. The van der Waals surface area contributed by atoms with Crippen LogP contribution in [0.15, 0.2) is 17.5 Å². The summed E-state index contributed by atoms with van der Waals surface area (Å²) < 4.78 is 0. The molecule has 3 atom stereocenters. The Morgan fingerprint density at radius 1 is 1.50 bits per heavy atom. The number of hydrogen-bond donors (Lipinski definition) is 2. The third-order valence-electron chi connectivity index (χ3n) is 4.07. The predicted molar refractivity (Wildman–Crippen MR) is 84.4 cm³/mol. The molecule has 5 heteroatoms. The van der Waals surface area contributed by atoms with Gasteiger partial charge in [-0.3, -0.25) is 0 Å². The smallest absolute Gasteiger partial charge is 0.315 e. The molecule has 1 aliphatic carbocycles. The molecule has 20 heavy (non-hydrogen) atoms. The molecular weight excluding hydrogens is 270 g/mol. The molecule has 2 rings (SSSR count). The van der Waals surface area contributed by atoms with Crippen LogP contribution in [-0.4, -0.2) is 43.7 Å².